The standard InChI is InChI=1S/C13H17FN2O/c1-2-9-3-10(5-12(14)4-9)6-16-7-11(8-16)13(15)17/h3-5,11H,2,6-8H2,1H3,(H2,15,17). The van der Waals surface area contributed by atoms with Gasteiger partial charge in [-0.15, -0.1) is 0 Å². The quantitative estimate of drug-likeness (QED) is 0.856. The molecule has 0 aliphatic carbocycles. The van der Waals surface area contributed by atoms with Gasteiger partial charge in [-0.1, -0.05) is 13.0 Å². The summed E-state index contributed by atoms with van der Waals surface area (Å²) >= 11 is 0. The van der Waals surface area contributed by atoms with Gasteiger partial charge in [0.05, 0.1) is 5.92 Å². The Balaban J connectivity index is 1.96. The smallest absolute Gasteiger partial charge is 0.223 e. The van der Waals surface area contributed by atoms with Crippen molar-refractivity contribution in [2.45, 2.75) is 19.9 Å². The third kappa shape index (κ3) is 2.82. The van der Waals surface area contributed by atoms with Crippen LogP contribution in [-0.4, -0.2) is 23.9 Å². The molecule has 0 radical (unpaired) electrons. The molecule has 0 unspecified atom stereocenters. The van der Waals surface area contributed by atoms with Gasteiger partial charge in [-0.05, 0) is 29.7 Å². The van der Waals surface area contributed by atoms with Crippen LogP contribution in [0.3, 0.4) is 0 Å². The second kappa shape index (κ2) is 4.84. The number of carbonyl (C=O) groups excluding carboxylic acids is 1. The van der Waals surface area contributed by atoms with Crippen molar-refractivity contribution in [2.24, 2.45) is 11.7 Å². The predicted molar refractivity (Wildman–Crippen MR) is 63.7 cm³/mol. The molecule has 1 heterocycles. The number of aryl methyl sites for hydroxylation is 1. The summed E-state index contributed by atoms with van der Waals surface area (Å²) in [6.07, 6.45) is 0.828. The number of nitrogens with zero attached hydrogens (tertiary/aromatic N) is 1. The molecule has 1 fully saturated rings. The van der Waals surface area contributed by atoms with Gasteiger partial charge in [0.25, 0.3) is 0 Å². The van der Waals surface area contributed by atoms with E-state index in [9.17, 15) is 9.18 Å². The minimum atomic E-state index is -0.241. The molecule has 0 bridgehead atoms. The first-order valence-corrected chi connectivity index (χ1v) is 5.88. The third-order valence-corrected chi connectivity index (χ3v) is 3.19. The van der Waals surface area contributed by atoms with Gasteiger partial charge in [0, 0.05) is 19.6 Å². The van der Waals surface area contributed by atoms with Gasteiger partial charge in [0.1, 0.15) is 5.82 Å². The highest BCUT2D eigenvalue weighted by Gasteiger charge is 2.30. The Hall–Kier alpha value is -1.42. The van der Waals surface area contributed by atoms with E-state index in [1.165, 1.54) is 0 Å². The lowest BCUT2D eigenvalue weighted by Crippen LogP contribution is -2.51. The zero-order valence-corrected chi connectivity index (χ0v) is 9.95. The fourth-order valence-corrected chi connectivity index (χ4v) is 2.15. The average molecular weight is 236 g/mol. The maximum absolute atomic E-state index is 13.3. The molecule has 0 atom stereocenters. The van der Waals surface area contributed by atoms with E-state index in [0.717, 1.165) is 17.5 Å². The molecule has 1 aliphatic rings. The fourth-order valence-electron chi connectivity index (χ4n) is 2.15. The molecular weight excluding hydrogens is 219 g/mol. The average Bonchev–Trinajstić information content (AvgIpc) is 2.21. The Labute approximate surface area is 100 Å². The monoisotopic (exact) mass is 236 g/mol. The van der Waals surface area contributed by atoms with Crippen molar-refractivity contribution in [1.29, 1.82) is 0 Å². The van der Waals surface area contributed by atoms with E-state index >= 15 is 0 Å². The summed E-state index contributed by atoms with van der Waals surface area (Å²) in [6.45, 7) is 4.07. The number of benzene rings is 1. The van der Waals surface area contributed by atoms with Crippen molar-refractivity contribution in [1.82, 2.24) is 4.90 Å². The number of carbonyl (C=O) groups is 1. The third-order valence-electron chi connectivity index (χ3n) is 3.19. The minimum Gasteiger partial charge on any atom is -0.369 e. The van der Waals surface area contributed by atoms with Crippen LogP contribution in [0.4, 0.5) is 4.39 Å². The van der Waals surface area contributed by atoms with Gasteiger partial charge < -0.3 is 5.73 Å². The lowest BCUT2D eigenvalue weighted by Gasteiger charge is -2.37. The molecule has 0 saturated carbocycles. The Morgan fingerprint density at radius 3 is 2.65 bits per heavy atom. The molecule has 0 aromatic heterocycles. The second-order valence-corrected chi connectivity index (χ2v) is 4.61. The number of rotatable bonds is 4. The largest absolute Gasteiger partial charge is 0.369 e. The van der Waals surface area contributed by atoms with E-state index in [4.69, 9.17) is 5.73 Å². The minimum absolute atomic E-state index is 0.0331. The normalized spacial score (nSPS) is 16.8. The molecule has 2 rings (SSSR count). The van der Waals surface area contributed by atoms with Crippen LogP contribution in [0.25, 0.3) is 0 Å². The Bertz CT molecular complexity index is 427. The summed E-state index contributed by atoms with van der Waals surface area (Å²) in [6, 6.07) is 5.13. The first kappa shape index (κ1) is 12.0. The zero-order valence-electron chi connectivity index (χ0n) is 9.95. The highest BCUT2D eigenvalue weighted by Crippen LogP contribution is 2.19. The number of nitrogens with two attached hydrogens (primary N) is 1. The number of halogens is 1. The maximum atomic E-state index is 13.3. The number of likely N-dealkylation sites (tertiary alicyclic amines) is 1. The first-order valence-electron chi connectivity index (χ1n) is 5.88. The van der Waals surface area contributed by atoms with Gasteiger partial charge >= 0.3 is 0 Å². The second-order valence-electron chi connectivity index (χ2n) is 4.61. The van der Waals surface area contributed by atoms with Gasteiger partial charge in [0.2, 0.25) is 5.91 Å². The van der Waals surface area contributed by atoms with Gasteiger partial charge in [-0.25, -0.2) is 4.39 Å². The van der Waals surface area contributed by atoms with Crippen molar-refractivity contribution in [3.05, 3.63) is 35.1 Å². The first-order chi connectivity index (χ1) is 8.08. The lowest BCUT2D eigenvalue weighted by atomic mass is 9.98. The SMILES string of the molecule is CCc1cc(F)cc(CN2CC(C(N)=O)C2)c1. The summed E-state index contributed by atoms with van der Waals surface area (Å²) in [5, 5.41) is 0. The molecular formula is C13H17FN2O. The zero-order chi connectivity index (χ0) is 12.4. The van der Waals surface area contributed by atoms with Gasteiger partial charge in [-0.2, -0.15) is 0 Å². The summed E-state index contributed by atoms with van der Waals surface area (Å²) in [5.74, 6) is -0.463. The van der Waals surface area contributed by atoms with Crippen molar-refractivity contribution >= 4 is 5.91 Å². The molecule has 1 saturated heterocycles. The molecule has 2 N–H and O–H groups in total. The Morgan fingerprint density at radius 1 is 1.41 bits per heavy atom. The number of hydrogen-bond acceptors (Lipinski definition) is 2. The van der Waals surface area contributed by atoms with E-state index in [1.807, 2.05) is 13.0 Å². The number of amides is 1. The highest BCUT2D eigenvalue weighted by atomic mass is 19.1. The molecule has 1 aromatic rings. The van der Waals surface area contributed by atoms with Crippen molar-refractivity contribution in [3.8, 4) is 0 Å². The number of hydrogen-bond donors (Lipinski definition) is 1. The fraction of sp³-hybridized carbons (Fsp3) is 0.462. The van der Waals surface area contributed by atoms with Crippen LogP contribution in [-0.2, 0) is 17.8 Å². The van der Waals surface area contributed by atoms with Gasteiger partial charge in [0.15, 0.2) is 0 Å². The predicted octanol–water partition coefficient (Wildman–Crippen LogP) is 1.31. The van der Waals surface area contributed by atoms with Crippen LogP contribution in [0, 0.1) is 11.7 Å². The van der Waals surface area contributed by atoms with Crippen LogP contribution in [0.1, 0.15) is 18.1 Å². The van der Waals surface area contributed by atoms with Crippen LogP contribution in [0.2, 0.25) is 0 Å². The van der Waals surface area contributed by atoms with E-state index in [1.54, 1.807) is 12.1 Å². The topological polar surface area (TPSA) is 46.3 Å². The van der Waals surface area contributed by atoms with Crippen molar-refractivity contribution < 1.29 is 9.18 Å². The molecule has 1 aliphatic heterocycles. The molecule has 1 amide bonds. The summed E-state index contributed by atoms with van der Waals surface area (Å²) in [5.41, 5.74) is 7.17. The molecule has 4 heteroatoms. The van der Waals surface area contributed by atoms with Crippen molar-refractivity contribution in [3.63, 3.8) is 0 Å². The summed E-state index contributed by atoms with van der Waals surface area (Å²) in [4.78, 5) is 13.0. The highest BCUT2D eigenvalue weighted by molar-refractivity contribution is 5.78. The Morgan fingerprint density at radius 2 is 2.06 bits per heavy atom. The van der Waals surface area contributed by atoms with E-state index in [-0.39, 0.29) is 17.6 Å². The summed E-state index contributed by atoms with van der Waals surface area (Å²) < 4.78 is 13.3. The maximum Gasteiger partial charge on any atom is 0.223 e. The molecule has 92 valence electrons. The Kier molecular flexibility index (Phi) is 3.43. The van der Waals surface area contributed by atoms with Crippen LogP contribution in [0.15, 0.2) is 18.2 Å². The van der Waals surface area contributed by atoms with E-state index < -0.39 is 0 Å². The van der Waals surface area contributed by atoms with Crippen LogP contribution < -0.4 is 5.73 Å². The lowest BCUT2D eigenvalue weighted by molar-refractivity contribution is -0.127. The van der Waals surface area contributed by atoms with Crippen LogP contribution in [0.5, 0.6) is 0 Å². The number of primary amides is 1. The molecule has 0 spiro atoms. The van der Waals surface area contributed by atoms with Gasteiger partial charge in [-0.3, -0.25) is 9.69 Å². The van der Waals surface area contributed by atoms with Crippen LogP contribution >= 0.6 is 0 Å². The molecule has 3 nitrogen and oxygen atoms in total. The molecule has 1 aromatic carbocycles. The molecule has 17 heavy (non-hydrogen) atoms. The van der Waals surface area contributed by atoms with E-state index in [0.29, 0.717) is 19.6 Å². The van der Waals surface area contributed by atoms with Crippen molar-refractivity contribution in [2.75, 3.05) is 13.1 Å². The van der Waals surface area contributed by atoms with E-state index in [2.05, 4.69) is 4.90 Å². The summed E-state index contributed by atoms with van der Waals surface area (Å²) in [7, 11) is 0.